The SMILES string of the molecule is CCN(c1ccc(C(=NC)c2cccc3c(Cl)ccc(C)c23)cc1)C(C)O. The van der Waals surface area contributed by atoms with Crippen LogP contribution in [0.5, 0.6) is 0 Å². The second kappa shape index (κ2) is 8.12. The topological polar surface area (TPSA) is 35.8 Å². The van der Waals surface area contributed by atoms with E-state index in [9.17, 15) is 5.11 Å². The van der Waals surface area contributed by atoms with Crippen molar-refractivity contribution in [3.63, 3.8) is 0 Å². The summed E-state index contributed by atoms with van der Waals surface area (Å²) >= 11 is 6.43. The summed E-state index contributed by atoms with van der Waals surface area (Å²) < 4.78 is 0. The lowest BCUT2D eigenvalue weighted by Gasteiger charge is -2.26. The van der Waals surface area contributed by atoms with Gasteiger partial charge in [0.05, 0.1) is 5.71 Å². The summed E-state index contributed by atoms with van der Waals surface area (Å²) in [6.45, 7) is 6.65. The van der Waals surface area contributed by atoms with Gasteiger partial charge in [-0.15, -0.1) is 0 Å². The van der Waals surface area contributed by atoms with E-state index in [1.807, 2.05) is 55.3 Å². The summed E-state index contributed by atoms with van der Waals surface area (Å²) in [5.41, 5.74) is 5.20. The number of benzene rings is 3. The van der Waals surface area contributed by atoms with Crippen LogP contribution in [0.15, 0.2) is 59.6 Å². The van der Waals surface area contributed by atoms with Crippen molar-refractivity contribution in [2.24, 2.45) is 4.99 Å². The van der Waals surface area contributed by atoms with Crippen molar-refractivity contribution < 1.29 is 5.11 Å². The quantitative estimate of drug-likeness (QED) is 0.473. The first-order valence-electron chi connectivity index (χ1n) is 9.18. The van der Waals surface area contributed by atoms with Gasteiger partial charge in [-0.2, -0.15) is 0 Å². The molecule has 0 aliphatic rings. The van der Waals surface area contributed by atoms with Crippen LogP contribution in [0.1, 0.15) is 30.5 Å². The van der Waals surface area contributed by atoms with E-state index in [1.54, 1.807) is 6.92 Å². The molecule has 3 rings (SSSR count). The first-order valence-corrected chi connectivity index (χ1v) is 9.55. The number of rotatable bonds is 5. The minimum absolute atomic E-state index is 0.525. The predicted octanol–water partition coefficient (Wildman–Crippen LogP) is 5.43. The summed E-state index contributed by atoms with van der Waals surface area (Å²) in [5, 5.41) is 12.9. The number of fused-ring (bicyclic) bond motifs is 1. The van der Waals surface area contributed by atoms with Crippen molar-refractivity contribution in [1.29, 1.82) is 0 Å². The molecular formula is C23H25ClN2O. The van der Waals surface area contributed by atoms with E-state index in [0.29, 0.717) is 0 Å². The highest BCUT2D eigenvalue weighted by molar-refractivity contribution is 6.36. The lowest BCUT2D eigenvalue weighted by molar-refractivity contribution is 0.190. The number of halogens is 1. The van der Waals surface area contributed by atoms with Gasteiger partial charge >= 0.3 is 0 Å². The molecule has 3 nitrogen and oxygen atoms in total. The molecule has 0 saturated carbocycles. The summed E-state index contributed by atoms with van der Waals surface area (Å²) in [5.74, 6) is 0. The van der Waals surface area contributed by atoms with Gasteiger partial charge in [-0.05, 0) is 49.9 Å². The highest BCUT2D eigenvalue weighted by atomic mass is 35.5. The van der Waals surface area contributed by atoms with E-state index in [1.165, 1.54) is 5.56 Å². The first kappa shape index (κ1) is 19.4. The van der Waals surface area contributed by atoms with Crippen molar-refractivity contribution in [1.82, 2.24) is 0 Å². The Hall–Kier alpha value is -2.36. The van der Waals surface area contributed by atoms with Gasteiger partial charge in [0, 0.05) is 40.8 Å². The molecule has 3 aromatic carbocycles. The van der Waals surface area contributed by atoms with Crippen LogP contribution in [0.4, 0.5) is 5.69 Å². The van der Waals surface area contributed by atoms with Crippen LogP contribution in [0, 0.1) is 6.92 Å². The Morgan fingerprint density at radius 3 is 2.41 bits per heavy atom. The van der Waals surface area contributed by atoms with E-state index in [0.717, 1.165) is 44.9 Å². The molecule has 0 aliphatic heterocycles. The average Bonchev–Trinajstić information content (AvgIpc) is 2.67. The standard InChI is InChI=1S/C23H25ClN2O/c1-5-26(16(3)27)18-12-10-17(11-13-18)23(25-4)20-8-6-7-19-21(24)14-9-15(2)22(19)20/h6-14,16,27H,5H2,1-4H3. The Bertz CT molecular complexity index is 978. The zero-order chi connectivity index (χ0) is 19.6. The molecule has 0 saturated heterocycles. The summed E-state index contributed by atoms with van der Waals surface area (Å²) in [6, 6.07) is 18.3. The van der Waals surface area contributed by atoms with Gasteiger partial charge in [-0.1, -0.05) is 48.0 Å². The molecule has 0 fully saturated rings. The molecule has 1 N–H and O–H groups in total. The van der Waals surface area contributed by atoms with E-state index in [4.69, 9.17) is 11.6 Å². The van der Waals surface area contributed by atoms with Gasteiger partial charge < -0.3 is 10.0 Å². The number of aliphatic hydroxyl groups is 1. The molecule has 0 bridgehead atoms. The van der Waals surface area contributed by atoms with Crippen molar-refractivity contribution in [2.45, 2.75) is 27.0 Å². The van der Waals surface area contributed by atoms with Gasteiger partial charge in [0.15, 0.2) is 0 Å². The van der Waals surface area contributed by atoms with Crippen molar-refractivity contribution >= 4 is 33.8 Å². The highest BCUT2D eigenvalue weighted by Crippen LogP contribution is 2.31. The van der Waals surface area contributed by atoms with E-state index >= 15 is 0 Å². The Morgan fingerprint density at radius 1 is 1.11 bits per heavy atom. The lowest BCUT2D eigenvalue weighted by Crippen LogP contribution is -2.32. The van der Waals surface area contributed by atoms with Gasteiger partial charge in [0.2, 0.25) is 0 Å². The molecule has 140 valence electrons. The fourth-order valence-electron chi connectivity index (χ4n) is 3.62. The third-order valence-electron chi connectivity index (χ3n) is 4.94. The molecule has 0 spiro atoms. The van der Waals surface area contributed by atoms with Gasteiger partial charge in [-0.3, -0.25) is 4.99 Å². The number of hydrogen-bond donors (Lipinski definition) is 1. The molecule has 0 amide bonds. The molecule has 1 unspecified atom stereocenters. The van der Waals surface area contributed by atoms with E-state index < -0.39 is 6.23 Å². The van der Waals surface area contributed by atoms with Crippen LogP contribution in [-0.2, 0) is 0 Å². The molecule has 0 aliphatic carbocycles. The summed E-state index contributed by atoms with van der Waals surface area (Å²) in [4.78, 5) is 6.53. The second-order valence-corrected chi connectivity index (χ2v) is 7.04. The molecule has 0 heterocycles. The van der Waals surface area contributed by atoms with Crippen LogP contribution < -0.4 is 4.90 Å². The van der Waals surface area contributed by atoms with Crippen LogP contribution in [0.25, 0.3) is 10.8 Å². The zero-order valence-corrected chi connectivity index (χ0v) is 17.0. The number of aliphatic imine (C=N–C) groups is 1. The fourth-order valence-corrected chi connectivity index (χ4v) is 3.84. The highest BCUT2D eigenvalue weighted by Gasteiger charge is 2.15. The Balaban J connectivity index is 2.10. The Labute approximate surface area is 165 Å². The van der Waals surface area contributed by atoms with Crippen molar-refractivity contribution in [3.05, 3.63) is 76.3 Å². The van der Waals surface area contributed by atoms with Crippen LogP contribution in [0.2, 0.25) is 5.02 Å². The number of aliphatic hydroxyl groups excluding tert-OH is 1. The molecule has 27 heavy (non-hydrogen) atoms. The first-order chi connectivity index (χ1) is 13.0. The zero-order valence-electron chi connectivity index (χ0n) is 16.2. The lowest BCUT2D eigenvalue weighted by atomic mass is 9.93. The van der Waals surface area contributed by atoms with Crippen molar-refractivity contribution in [3.8, 4) is 0 Å². The normalized spacial score (nSPS) is 13.0. The predicted molar refractivity (Wildman–Crippen MR) is 116 cm³/mol. The van der Waals surface area contributed by atoms with Gasteiger partial charge in [0.25, 0.3) is 0 Å². The summed E-state index contributed by atoms with van der Waals surface area (Å²) in [6.07, 6.45) is -0.525. The minimum atomic E-state index is -0.525. The Kier molecular flexibility index (Phi) is 5.83. The van der Waals surface area contributed by atoms with Crippen LogP contribution in [-0.4, -0.2) is 30.6 Å². The van der Waals surface area contributed by atoms with E-state index in [2.05, 4.69) is 30.1 Å². The minimum Gasteiger partial charge on any atom is -0.374 e. The molecule has 0 radical (unpaired) electrons. The van der Waals surface area contributed by atoms with Gasteiger partial charge in [0.1, 0.15) is 6.23 Å². The van der Waals surface area contributed by atoms with Crippen LogP contribution in [0.3, 0.4) is 0 Å². The number of anilines is 1. The smallest absolute Gasteiger partial charge is 0.124 e. The molecule has 1 atom stereocenters. The fraction of sp³-hybridized carbons (Fsp3) is 0.261. The molecular weight excluding hydrogens is 356 g/mol. The molecule has 3 aromatic rings. The average molecular weight is 381 g/mol. The second-order valence-electron chi connectivity index (χ2n) is 6.63. The molecule has 0 aromatic heterocycles. The monoisotopic (exact) mass is 380 g/mol. The van der Waals surface area contributed by atoms with Gasteiger partial charge in [-0.25, -0.2) is 0 Å². The van der Waals surface area contributed by atoms with Crippen molar-refractivity contribution in [2.75, 3.05) is 18.5 Å². The number of nitrogens with zero attached hydrogens (tertiary/aromatic N) is 2. The van der Waals surface area contributed by atoms with Crippen LogP contribution >= 0.6 is 11.6 Å². The maximum absolute atomic E-state index is 9.93. The number of aryl methyl sites for hydroxylation is 1. The number of hydrogen-bond acceptors (Lipinski definition) is 3. The third kappa shape index (κ3) is 3.71. The summed E-state index contributed by atoms with van der Waals surface area (Å²) in [7, 11) is 1.82. The maximum Gasteiger partial charge on any atom is 0.124 e. The molecule has 4 heteroatoms. The van der Waals surface area contributed by atoms with E-state index in [-0.39, 0.29) is 0 Å². The largest absolute Gasteiger partial charge is 0.374 e. The maximum atomic E-state index is 9.93. The Morgan fingerprint density at radius 2 is 1.81 bits per heavy atom. The third-order valence-corrected chi connectivity index (χ3v) is 5.27.